The van der Waals surface area contributed by atoms with Crippen LogP contribution in [0.15, 0.2) is 0 Å². The molecule has 0 rings (SSSR count). The number of rotatable bonds is 2. The second-order valence-corrected chi connectivity index (χ2v) is 2.01. The number of hydrogen-bond acceptors (Lipinski definition) is 3. The van der Waals surface area contributed by atoms with Crippen molar-refractivity contribution in [2.24, 2.45) is 0 Å². The molecule has 0 aliphatic carbocycles. The van der Waals surface area contributed by atoms with Crippen molar-refractivity contribution in [2.45, 2.75) is 13.1 Å². The molecule has 0 saturated carbocycles. The van der Waals surface area contributed by atoms with Gasteiger partial charge in [-0.3, -0.25) is 14.5 Å². The van der Waals surface area contributed by atoms with Gasteiger partial charge in [0, 0.05) is 0 Å². The van der Waals surface area contributed by atoms with Crippen LogP contribution < -0.4 is 5.32 Å². The predicted molar refractivity (Wildman–Crippen MR) is 42.7 cm³/mol. The molecule has 0 bridgehead atoms. The largest absolute Gasteiger partial charge is 0.300 e. The summed E-state index contributed by atoms with van der Waals surface area (Å²) in [6.07, 6.45) is -0.481. The molecule has 0 heterocycles. The van der Waals surface area contributed by atoms with E-state index in [2.05, 4.69) is 5.32 Å². The fraction of sp³-hybridized carbons (Fsp3) is 0.600. The van der Waals surface area contributed by atoms with Crippen molar-refractivity contribution < 1.29 is 9.59 Å². The van der Waals surface area contributed by atoms with E-state index in [0.717, 1.165) is 4.90 Å². The van der Waals surface area contributed by atoms with Crippen LogP contribution in [0.5, 0.6) is 0 Å². The summed E-state index contributed by atoms with van der Waals surface area (Å²) in [5.41, 5.74) is 0. The summed E-state index contributed by atoms with van der Waals surface area (Å²) in [6.45, 7) is 1.59. The van der Waals surface area contributed by atoms with Crippen LogP contribution in [0.25, 0.3) is 0 Å². The number of amides is 2. The normalized spacial score (nSPS) is 12.2. The van der Waals surface area contributed by atoms with Crippen LogP contribution in [0.1, 0.15) is 6.92 Å². The molecule has 0 saturated heterocycles. The fourth-order valence-electron chi connectivity index (χ4n) is 0.619. The van der Waals surface area contributed by atoms with Crippen LogP contribution in [0.2, 0.25) is 0 Å². The molecule has 0 aromatic rings. The zero-order chi connectivity index (χ0) is 9.02. The minimum absolute atomic E-state index is 0.481. The average Bonchev–Trinajstić information content (AvgIpc) is 1.85. The Balaban J connectivity index is 4.34. The molecule has 0 fully saturated rings. The maximum atomic E-state index is 10.5. The van der Waals surface area contributed by atoms with Crippen molar-refractivity contribution in [3.05, 3.63) is 0 Å². The lowest BCUT2D eigenvalue weighted by atomic mass is 10.0. The summed E-state index contributed by atoms with van der Waals surface area (Å²) in [4.78, 5) is 21.8. The summed E-state index contributed by atoms with van der Waals surface area (Å²) in [5, 5.41) is 2.65. The SMILES string of the molecule is [B]C(=O)N(C([B])=O)C(C)NC. The first-order valence-electron chi connectivity index (χ1n) is 3.06. The van der Waals surface area contributed by atoms with Gasteiger partial charge in [0.05, 0.1) is 6.17 Å². The van der Waals surface area contributed by atoms with Crippen LogP contribution in [0.3, 0.4) is 0 Å². The molecule has 1 N–H and O–H groups in total. The van der Waals surface area contributed by atoms with E-state index < -0.39 is 17.8 Å². The van der Waals surface area contributed by atoms with Crippen molar-refractivity contribution in [3.63, 3.8) is 0 Å². The van der Waals surface area contributed by atoms with Gasteiger partial charge in [-0.15, -0.1) is 0 Å². The molecule has 0 aromatic carbocycles. The van der Waals surface area contributed by atoms with Gasteiger partial charge in [0.2, 0.25) is 15.7 Å². The van der Waals surface area contributed by atoms with Crippen LogP contribution in [-0.4, -0.2) is 45.4 Å². The van der Waals surface area contributed by atoms with Crippen molar-refractivity contribution >= 4 is 27.3 Å². The Bertz CT molecular complexity index is 160. The lowest BCUT2D eigenvalue weighted by molar-refractivity contribution is 0.195. The third-order valence-corrected chi connectivity index (χ3v) is 1.28. The first-order valence-corrected chi connectivity index (χ1v) is 3.06. The highest BCUT2D eigenvalue weighted by Crippen LogP contribution is 1.95. The van der Waals surface area contributed by atoms with Gasteiger partial charge < -0.3 is 5.32 Å². The van der Waals surface area contributed by atoms with Crippen molar-refractivity contribution in [3.8, 4) is 0 Å². The number of hydrogen-bond donors (Lipinski definition) is 1. The summed E-state index contributed by atoms with van der Waals surface area (Å²) < 4.78 is 0. The fourth-order valence-corrected chi connectivity index (χ4v) is 0.619. The summed E-state index contributed by atoms with van der Waals surface area (Å²) in [6, 6.07) is 0. The molecule has 4 nitrogen and oxygen atoms in total. The summed E-state index contributed by atoms with van der Waals surface area (Å²) >= 11 is 0. The zero-order valence-electron chi connectivity index (χ0n) is 6.50. The van der Waals surface area contributed by atoms with Gasteiger partial charge in [-0.1, -0.05) is 0 Å². The predicted octanol–water partition coefficient (Wildman–Crippen LogP) is -0.569. The van der Waals surface area contributed by atoms with E-state index in [1.54, 1.807) is 14.0 Å². The van der Waals surface area contributed by atoms with Gasteiger partial charge >= 0.3 is 0 Å². The third kappa shape index (κ3) is 2.76. The molecule has 1 atom stereocenters. The molecule has 2 amide bonds. The van der Waals surface area contributed by atoms with Crippen LogP contribution in [0.4, 0.5) is 9.59 Å². The molecule has 56 valence electrons. The van der Waals surface area contributed by atoms with Crippen molar-refractivity contribution in [2.75, 3.05) is 7.05 Å². The number of imide groups is 1. The highest BCUT2D eigenvalue weighted by molar-refractivity contribution is 6.65. The lowest BCUT2D eigenvalue weighted by Crippen LogP contribution is -2.48. The standard InChI is InChI=1S/C5H8B2N2O2/c1-3(8-2)9(4(6)10)5(7)11/h3,8H,1-2H3. The second kappa shape index (κ2) is 4.18. The number of carbonyl (C=O) groups excluding carboxylic acids is 2. The smallest absolute Gasteiger partial charge is 0.201 e. The zero-order valence-corrected chi connectivity index (χ0v) is 6.50. The molecule has 0 aliphatic heterocycles. The Kier molecular flexibility index (Phi) is 3.89. The molecule has 0 aromatic heterocycles. The van der Waals surface area contributed by atoms with E-state index in [1.165, 1.54) is 0 Å². The number of nitrogens with one attached hydrogen (secondary N) is 1. The molecule has 0 spiro atoms. The van der Waals surface area contributed by atoms with E-state index in [-0.39, 0.29) is 0 Å². The summed E-state index contributed by atoms with van der Waals surface area (Å²) in [7, 11) is 11.3. The Morgan fingerprint density at radius 1 is 1.36 bits per heavy atom. The lowest BCUT2D eigenvalue weighted by Gasteiger charge is -2.25. The van der Waals surface area contributed by atoms with Crippen LogP contribution in [-0.2, 0) is 0 Å². The maximum Gasteiger partial charge on any atom is 0.201 e. The Labute approximate surface area is 68.1 Å². The van der Waals surface area contributed by atoms with Gasteiger partial charge in [-0.05, 0) is 14.0 Å². The molecule has 11 heavy (non-hydrogen) atoms. The monoisotopic (exact) mass is 150 g/mol. The maximum absolute atomic E-state index is 10.5. The molecular weight excluding hydrogens is 142 g/mol. The third-order valence-electron chi connectivity index (χ3n) is 1.28. The number of carbonyl (C=O) groups is 2. The first kappa shape index (κ1) is 10.2. The summed E-state index contributed by atoms with van der Waals surface area (Å²) in [5.74, 6) is -1.72. The second-order valence-electron chi connectivity index (χ2n) is 2.01. The van der Waals surface area contributed by atoms with E-state index in [0.29, 0.717) is 0 Å². The molecule has 4 radical (unpaired) electrons. The Hall–Kier alpha value is -0.770. The number of nitrogens with zero attached hydrogens (tertiary/aromatic N) is 1. The van der Waals surface area contributed by atoms with Gasteiger partial charge in [0.1, 0.15) is 0 Å². The quantitative estimate of drug-likeness (QED) is 0.423. The Morgan fingerprint density at radius 2 is 1.73 bits per heavy atom. The van der Waals surface area contributed by atoms with Gasteiger partial charge in [-0.25, -0.2) is 0 Å². The van der Waals surface area contributed by atoms with E-state index >= 15 is 0 Å². The minimum atomic E-state index is -0.862. The molecule has 1 unspecified atom stereocenters. The molecule has 0 aliphatic rings. The van der Waals surface area contributed by atoms with Gasteiger partial charge in [-0.2, -0.15) is 0 Å². The highest BCUT2D eigenvalue weighted by Gasteiger charge is 2.17. The van der Waals surface area contributed by atoms with E-state index in [9.17, 15) is 9.59 Å². The first-order chi connectivity index (χ1) is 5.00. The van der Waals surface area contributed by atoms with Gasteiger partial charge in [0.15, 0.2) is 11.6 Å². The van der Waals surface area contributed by atoms with Crippen LogP contribution in [0, 0.1) is 0 Å². The van der Waals surface area contributed by atoms with Gasteiger partial charge in [0.25, 0.3) is 0 Å². The minimum Gasteiger partial charge on any atom is -0.300 e. The van der Waals surface area contributed by atoms with Crippen molar-refractivity contribution in [1.29, 1.82) is 0 Å². The average molecular weight is 150 g/mol. The topological polar surface area (TPSA) is 49.4 Å². The van der Waals surface area contributed by atoms with E-state index in [1.807, 2.05) is 0 Å². The molecule has 6 heteroatoms. The van der Waals surface area contributed by atoms with Crippen molar-refractivity contribution in [1.82, 2.24) is 10.2 Å². The highest BCUT2D eigenvalue weighted by atomic mass is 16.2. The van der Waals surface area contributed by atoms with E-state index in [4.69, 9.17) is 15.7 Å². The molecular formula is C5H8B2N2O2. The van der Waals surface area contributed by atoms with Crippen LogP contribution >= 0.6 is 0 Å². The Morgan fingerprint density at radius 3 is 1.82 bits per heavy atom.